The van der Waals surface area contributed by atoms with Crippen molar-refractivity contribution >= 4 is 5.82 Å². The summed E-state index contributed by atoms with van der Waals surface area (Å²) >= 11 is 0. The lowest BCUT2D eigenvalue weighted by Crippen LogP contribution is -2.38. The van der Waals surface area contributed by atoms with Crippen LogP contribution in [0, 0.1) is 0 Å². The highest BCUT2D eigenvalue weighted by molar-refractivity contribution is 5.49. The van der Waals surface area contributed by atoms with E-state index >= 15 is 0 Å². The van der Waals surface area contributed by atoms with Crippen LogP contribution in [0.5, 0.6) is 0 Å². The molecule has 19 heavy (non-hydrogen) atoms. The van der Waals surface area contributed by atoms with Crippen LogP contribution < -0.4 is 10.2 Å². The van der Waals surface area contributed by atoms with E-state index in [4.69, 9.17) is 4.74 Å². The Labute approximate surface area is 117 Å². The Hall–Kier alpha value is -1.13. The minimum Gasteiger partial charge on any atom is -0.383 e. The lowest BCUT2D eigenvalue weighted by Gasteiger charge is -2.31. The number of aromatic nitrogens is 1. The molecule has 1 heterocycles. The molecule has 1 aromatic heterocycles. The van der Waals surface area contributed by atoms with E-state index in [1.54, 1.807) is 7.11 Å². The maximum atomic E-state index is 5.27. The molecule has 1 N–H and O–H groups in total. The molecular formula is C15H27N3O. The van der Waals surface area contributed by atoms with Crippen LogP contribution in [0.2, 0.25) is 0 Å². The number of hydrogen-bond donors (Lipinski definition) is 1. The van der Waals surface area contributed by atoms with Gasteiger partial charge in [0.15, 0.2) is 0 Å². The van der Waals surface area contributed by atoms with Crippen LogP contribution >= 0.6 is 0 Å². The van der Waals surface area contributed by atoms with Crippen molar-refractivity contribution in [2.24, 2.45) is 0 Å². The number of pyridine rings is 1. The molecule has 4 heteroatoms. The zero-order valence-electron chi connectivity index (χ0n) is 12.8. The number of hydrogen-bond acceptors (Lipinski definition) is 4. The molecule has 0 amide bonds. The van der Waals surface area contributed by atoms with E-state index in [0.717, 1.165) is 18.9 Å². The van der Waals surface area contributed by atoms with E-state index in [1.165, 1.54) is 5.56 Å². The van der Waals surface area contributed by atoms with Crippen molar-refractivity contribution in [2.45, 2.75) is 39.8 Å². The molecule has 1 aromatic rings. The van der Waals surface area contributed by atoms with Crippen LogP contribution in [0.25, 0.3) is 0 Å². The van der Waals surface area contributed by atoms with Gasteiger partial charge in [-0.15, -0.1) is 0 Å². The Kier molecular flexibility index (Phi) is 6.81. The standard InChI is InChI=1S/C15H27N3O/c1-6-16-13(4)14-9-8-10-17-15(14)18(7-2)12(3)11-19-5/h8-10,12-13,16H,6-7,11H2,1-5H3. The maximum absolute atomic E-state index is 5.27. The van der Waals surface area contributed by atoms with Gasteiger partial charge in [-0.2, -0.15) is 0 Å². The summed E-state index contributed by atoms with van der Waals surface area (Å²) in [6, 6.07) is 4.77. The van der Waals surface area contributed by atoms with Crippen molar-refractivity contribution in [3.05, 3.63) is 23.9 Å². The number of anilines is 1. The zero-order chi connectivity index (χ0) is 14.3. The number of rotatable bonds is 8. The molecule has 0 saturated heterocycles. The Bertz CT molecular complexity index is 370. The monoisotopic (exact) mass is 265 g/mol. The summed E-state index contributed by atoms with van der Waals surface area (Å²) in [5, 5.41) is 3.45. The van der Waals surface area contributed by atoms with E-state index in [0.29, 0.717) is 18.7 Å². The largest absolute Gasteiger partial charge is 0.383 e. The molecule has 0 aliphatic rings. The zero-order valence-corrected chi connectivity index (χ0v) is 12.8. The minimum atomic E-state index is 0.303. The van der Waals surface area contributed by atoms with Gasteiger partial charge in [-0.1, -0.05) is 13.0 Å². The summed E-state index contributed by atoms with van der Waals surface area (Å²) in [6.45, 7) is 11.2. The van der Waals surface area contributed by atoms with Gasteiger partial charge in [0.2, 0.25) is 0 Å². The van der Waals surface area contributed by atoms with Crippen LogP contribution in [-0.2, 0) is 4.74 Å². The molecule has 0 saturated carbocycles. The number of likely N-dealkylation sites (N-methyl/N-ethyl adjacent to an activating group) is 1. The summed E-state index contributed by atoms with van der Waals surface area (Å²) in [4.78, 5) is 6.89. The highest BCUT2D eigenvalue weighted by atomic mass is 16.5. The van der Waals surface area contributed by atoms with Gasteiger partial charge >= 0.3 is 0 Å². The van der Waals surface area contributed by atoms with Gasteiger partial charge in [0, 0.05) is 31.5 Å². The van der Waals surface area contributed by atoms with Crippen molar-refractivity contribution < 1.29 is 4.74 Å². The van der Waals surface area contributed by atoms with Gasteiger partial charge in [-0.25, -0.2) is 4.98 Å². The first kappa shape index (κ1) is 15.9. The van der Waals surface area contributed by atoms with E-state index in [1.807, 2.05) is 12.3 Å². The Balaban J connectivity index is 3.02. The van der Waals surface area contributed by atoms with Crippen LogP contribution in [0.4, 0.5) is 5.82 Å². The Morgan fingerprint density at radius 3 is 2.68 bits per heavy atom. The molecule has 0 aliphatic carbocycles. The minimum absolute atomic E-state index is 0.303. The van der Waals surface area contributed by atoms with Crippen molar-refractivity contribution in [2.75, 3.05) is 31.7 Å². The molecule has 1 rings (SSSR count). The van der Waals surface area contributed by atoms with E-state index in [-0.39, 0.29) is 0 Å². The summed E-state index contributed by atoms with van der Waals surface area (Å²) in [5.74, 6) is 1.06. The normalized spacial score (nSPS) is 14.2. The number of ether oxygens (including phenoxy) is 1. The Morgan fingerprint density at radius 2 is 2.11 bits per heavy atom. The van der Waals surface area contributed by atoms with Crippen molar-refractivity contribution in [1.82, 2.24) is 10.3 Å². The molecule has 4 nitrogen and oxygen atoms in total. The molecule has 108 valence electrons. The summed E-state index contributed by atoms with van der Waals surface area (Å²) in [6.07, 6.45) is 1.86. The number of nitrogens with one attached hydrogen (secondary N) is 1. The predicted molar refractivity (Wildman–Crippen MR) is 80.7 cm³/mol. The van der Waals surface area contributed by atoms with Gasteiger partial charge in [-0.3, -0.25) is 0 Å². The third-order valence-electron chi connectivity index (χ3n) is 3.35. The average molecular weight is 265 g/mol. The fourth-order valence-corrected chi connectivity index (χ4v) is 2.40. The topological polar surface area (TPSA) is 37.4 Å². The fraction of sp³-hybridized carbons (Fsp3) is 0.667. The lowest BCUT2D eigenvalue weighted by molar-refractivity contribution is 0.181. The molecule has 0 fully saturated rings. The SMILES string of the molecule is CCNC(C)c1cccnc1N(CC)C(C)COC. The van der Waals surface area contributed by atoms with E-state index in [9.17, 15) is 0 Å². The maximum Gasteiger partial charge on any atom is 0.133 e. The number of methoxy groups -OCH3 is 1. The van der Waals surface area contributed by atoms with Crippen molar-refractivity contribution in [3.8, 4) is 0 Å². The third kappa shape index (κ3) is 4.18. The van der Waals surface area contributed by atoms with E-state index < -0.39 is 0 Å². The smallest absolute Gasteiger partial charge is 0.133 e. The molecule has 0 radical (unpaired) electrons. The summed E-state index contributed by atoms with van der Waals surface area (Å²) in [5.41, 5.74) is 1.24. The Morgan fingerprint density at radius 1 is 1.37 bits per heavy atom. The second-order valence-electron chi connectivity index (χ2n) is 4.79. The van der Waals surface area contributed by atoms with Crippen molar-refractivity contribution in [3.63, 3.8) is 0 Å². The number of nitrogens with zero attached hydrogens (tertiary/aromatic N) is 2. The first-order valence-electron chi connectivity index (χ1n) is 7.09. The second-order valence-corrected chi connectivity index (χ2v) is 4.79. The fourth-order valence-electron chi connectivity index (χ4n) is 2.40. The lowest BCUT2D eigenvalue weighted by atomic mass is 10.1. The van der Waals surface area contributed by atoms with Gasteiger partial charge in [0.05, 0.1) is 12.6 Å². The third-order valence-corrected chi connectivity index (χ3v) is 3.35. The van der Waals surface area contributed by atoms with Gasteiger partial charge in [0.1, 0.15) is 5.82 Å². The first-order chi connectivity index (χ1) is 9.15. The molecular weight excluding hydrogens is 238 g/mol. The molecule has 0 aliphatic heterocycles. The quantitative estimate of drug-likeness (QED) is 0.784. The molecule has 0 bridgehead atoms. The van der Waals surface area contributed by atoms with Crippen LogP contribution in [0.1, 0.15) is 39.3 Å². The average Bonchev–Trinajstić information content (AvgIpc) is 2.41. The predicted octanol–water partition coefficient (Wildman–Crippen LogP) is 2.61. The second kappa shape index (κ2) is 8.12. The summed E-state index contributed by atoms with van der Waals surface area (Å²) in [7, 11) is 1.74. The van der Waals surface area contributed by atoms with Crippen LogP contribution in [0.3, 0.4) is 0 Å². The molecule has 0 aromatic carbocycles. The first-order valence-corrected chi connectivity index (χ1v) is 7.09. The van der Waals surface area contributed by atoms with Gasteiger partial charge < -0.3 is 15.0 Å². The highest BCUT2D eigenvalue weighted by Crippen LogP contribution is 2.25. The van der Waals surface area contributed by atoms with Gasteiger partial charge in [0.25, 0.3) is 0 Å². The van der Waals surface area contributed by atoms with Crippen LogP contribution in [-0.4, -0.2) is 37.8 Å². The highest BCUT2D eigenvalue weighted by Gasteiger charge is 2.19. The molecule has 2 unspecified atom stereocenters. The summed E-state index contributed by atoms with van der Waals surface area (Å²) < 4.78 is 5.27. The van der Waals surface area contributed by atoms with Crippen molar-refractivity contribution in [1.29, 1.82) is 0 Å². The molecule has 2 atom stereocenters. The molecule has 0 spiro atoms. The van der Waals surface area contributed by atoms with Gasteiger partial charge in [-0.05, 0) is 33.4 Å². The van der Waals surface area contributed by atoms with Crippen LogP contribution in [0.15, 0.2) is 18.3 Å². The van der Waals surface area contributed by atoms with E-state index in [2.05, 4.69) is 49.0 Å².